The fourth-order valence-corrected chi connectivity index (χ4v) is 2.47. The van der Waals surface area contributed by atoms with Crippen molar-refractivity contribution in [2.24, 2.45) is 0 Å². The molecule has 0 unspecified atom stereocenters. The van der Waals surface area contributed by atoms with E-state index in [9.17, 15) is 4.79 Å². The highest BCUT2D eigenvalue weighted by atomic mass is 79.9. The molecule has 0 atom stereocenters. The highest BCUT2D eigenvalue weighted by Crippen LogP contribution is 2.29. The molecule has 0 spiro atoms. The summed E-state index contributed by atoms with van der Waals surface area (Å²) in [5, 5.41) is 0.580. The van der Waals surface area contributed by atoms with Gasteiger partial charge in [-0.05, 0) is 28.9 Å². The van der Waals surface area contributed by atoms with E-state index >= 15 is 0 Å². The van der Waals surface area contributed by atoms with Crippen LogP contribution >= 0.6 is 27.7 Å². The van der Waals surface area contributed by atoms with Crippen molar-refractivity contribution in [3.63, 3.8) is 0 Å². The average molecular weight is 298 g/mol. The highest BCUT2D eigenvalue weighted by molar-refractivity contribution is 9.10. The third-order valence-electron chi connectivity index (χ3n) is 1.79. The van der Waals surface area contributed by atoms with Crippen molar-refractivity contribution in [2.45, 2.75) is 17.0 Å². The van der Waals surface area contributed by atoms with E-state index in [0.717, 1.165) is 9.37 Å². The number of pyridine rings is 1. The van der Waals surface area contributed by atoms with Gasteiger partial charge in [-0.15, -0.1) is 0 Å². The molecule has 82 valence electrons. The van der Waals surface area contributed by atoms with Crippen LogP contribution in [0.15, 0.2) is 43.8 Å². The van der Waals surface area contributed by atoms with E-state index in [1.165, 1.54) is 17.8 Å². The number of hydrogen-bond acceptors (Lipinski definition) is 4. The lowest BCUT2D eigenvalue weighted by molar-refractivity contribution is 0.905. The Labute approximate surface area is 105 Å². The predicted octanol–water partition coefficient (Wildman–Crippen LogP) is 2.39. The fourth-order valence-electron chi connectivity index (χ4n) is 1.15. The molecule has 0 radical (unpaired) electrons. The van der Waals surface area contributed by atoms with Crippen LogP contribution in [0.5, 0.6) is 0 Å². The summed E-state index contributed by atoms with van der Waals surface area (Å²) in [5.74, 6) is 0. The van der Waals surface area contributed by atoms with E-state index in [-0.39, 0.29) is 5.56 Å². The van der Waals surface area contributed by atoms with Crippen LogP contribution in [-0.2, 0) is 0 Å². The zero-order valence-corrected chi connectivity index (χ0v) is 10.8. The second-order valence-electron chi connectivity index (χ2n) is 3.10. The molecule has 0 aliphatic rings. The molecular formula is C10H8BrN3OS. The van der Waals surface area contributed by atoms with Crippen molar-refractivity contribution in [2.75, 3.05) is 0 Å². The fraction of sp³-hybridized carbons (Fsp3) is 0.100. The molecule has 2 heterocycles. The van der Waals surface area contributed by atoms with Gasteiger partial charge in [-0.3, -0.25) is 9.78 Å². The lowest BCUT2D eigenvalue weighted by Crippen LogP contribution is -2.07. The molecule has 2 rings (SSSR count). The first-order valence-electron chi connectivity index (χ1n) is 4.50. The van der Waals surface area contributed by atoms with Gasteiger partial charge in [-0.25, -0.2) is 4.98 Å². The van der Waals surface area contributed by atoms with Gasteiger partial charge in [-0.1, -0.05) is 11.8 Å². The third kappa shape index (κ3) is 2.70. The molecule has 0 bridgehead atoms. The summed E-state index contributed by atoms with van der Waals surface area (Å²) < 4.78 is 0.879. The predicted molar refractivity (Wildman–Crippen MR) is 65.7 cm³/mol. The van der Waals surface area contributed by atoms with Crippen molar-refractivity contribution >= 4 is 27.7 Å². The Bertz CT molecular complexity index is 570. The lowest BCUT2D eigenvalue weighted by atomic mass is 10.5. The smallest absolute Gasteiger partial charge is 0.251 e. The van der Waals surface area contributed by atoms with Gasteiger partial charge in [0.05, 0.1) is 0 Å². The molecule has 16 heavy (non-hydrogen) atoms. The first-order valence-corrected chi connectivity index (χ1v) is 6.11. The van der Waals surface area contributed by atoms with Crippen molar-refractivity contribution < 1.29 is 0 Å². The first-order chi connectivity index (χ1) is 7.65. The zero-order valence-electron chi connectivity index (χ0n) is 8.40. The number of H-pyrrole nitrogens is 1. The van der Waals surface area contributed by atoms with Crippen LogP contribution in [0.3, 0.4) is 0 Å². The summed E-state index contributed by atoms with van der Waals surface area (Å²) in [4.78, 5) is 23.1. The largest absolute Gasteiger partial charge is 0.301 e. The van der Waals surface area contributed by atoms with E-state index in [0.29, 0.717) is 10.9 Å². The van der Waals surface area contributed by atoms with E-state index in [2.05, 4.69) is 30.9 Å². The summed E-state index contributed by atoms with van der Waals surface area (Å²) >= 11 is 4.78. The second-order valence-corrected chi connectivity index (χ2v) is 4.99. The first kappa shape index (κ1) is 11.3. The Hall–Kier alpha value is -1.14. The van der Waals surface area contributed by atoms with Gasteiger partial charge in [0.2, 0.25) is 0 Å². The molecule has 0 aliphatic carbocycles. The normalized spacial score (nSPS) is 10.4. The highest BCUT2D eigenvalue weighted by Gasteiger charge is 2.04. The van der Waals surface area contributed by atoms with Gasteiger partial charge >= 0.3 is 0 Å². The molecule has 4 nitrogen and oxygen atoms in total. The maximum Gasteiger partial charge on any atom is 0.251 e. The minimum atomic E-state index is -0.139. The Morgan fingerprint density at radius 3 is 3.00 bits per heavy atom. The third-order valence-corrected chi connectivity index (χ3v) is 3.65. The number of nitrogens with one attached hydrogen (secondary N) is 1. The topological polar surface area (TPSA) is 58.6 Å². The average Bonchev–Trinajstić information content (AvgIpc) is 2.20. The van der Waals surface area contributed by atoms with Crippen molar-refractivity contribution in [1.29, 1.82) is 0 Å². The van der Waals surface area contributed by atoms with Crippen LogP contribution in [0.2, 0.25) is 0 Å². The van der Waals surface area contributed by atoms with Crippen molar-refractivity contribution in [1.82, 2.24) is 15.0 Å². The minimum absolute atomic E-state index is 0.139. The minimum Gasteiger partial charge on any atom is -0.301 e. The maximum absolute atomic E-state index is 11.3. The van der Waals surface area contributed by atoms with Crippen molar-refractivity contribution in [3.05, 3.63) is 45.0 Å². The molecule has 0 fully saturated rings. The molecule has 1 N–H and O–H groups in total. The Morgan fingerprint density at radius 2 is 2.31 bits per heavy atom. The van der Waals surface area contributed by atoms with Crippen LogP contribution in [-0.4, -0.2) is 15.0 Å². The molecule has 0 aromatic carbocycles. The number of nitrogens with zero attached hydrogens (tertiary/aromatic N) is 2. The van der Waals surface area contributed by atoms with Gasteiger partial charge < -0.3 is 4.98 Å². The molecule has 0 saturated heterocycles. The summed E-state index contributed by atoms with van der Waals surface area (Å²) in [5.41, 5.74) is 0.566. The number of aromatic nitrogens is 3. The van der Waals surface area contributed by atoms with Gasteiger partial charge in [-0.2, -0.15) is 0 Å². The monoisotopic (exact) mass is 297 g/mol. The van der Waals surface area contributed by atoms with Crippen LogP contribution in [0.1, 0.15) is 5.69 Å². The number of hydrogen-bond donors (Lipinski definition) is 1. The van der Waals surface area contributed by atoms with Crippen LogP contribution in [0.4, 0.5) is 0 Å². The SMILES string of the molecule is Cc1cc(=O)[nH]c(Sc2ccncc2Br)n1. The van der Waals surface area contributed by atoms with Gasteiger partial charge in [0.25, 0.3) is 5.56 Å². The van der Waals surface area contributed by atoms with Gasteiger partial charge in [0.15, 0.2) is 5.16 Å². The van der Waals surface area contributed by atoms with Crippen molar-refractivity contribution in [3.8, 4) is 0 Å². The lowest BCUT2D eigenvalue weighted by Gasteiger charge is -2.02. The molecular weight excluding hydrogens is 290 g/mol. The molecule has 0 amide bonds. The van der Waals surface area contributed by atoms with Gasteiger partial charge in [0.1, 0.15) is 0 Å². The number of halogens is 1. The molecule has 0 saturated carbocycles. The molecule has 0 aliphatic heterocycles. The summed E-state index contributed by atoms with van der Waals surface area (Å²) in [6, 6.07) is 3.32. The molecule has 2 aromatic heterocycles. The van der Waals surface area contributed by atoms with E-state index in [4.69, 9.17) is 0 Å². The van der Waals surface area contributed by atoms with Crippen LogP contribution in [0.25, 0.3) is 0 Å². The maximum atomic E-state index is 11.3. The van der Waals surface area contributed by atoms with E-state index in [1.807, 2.05) is 6.07 Å². The molecule has 6 heteroatoms. The second kappa shape index (κ2) is 4.80. The number of aryl methyl sites for hydroxylation is 1. The summed E-state index contributed by atoms with van der Waals surface area (Å²) in [6.07, 6.45) is 3.40. The van der Waals surface area contributed by atoms with E-state index in [1.54, 1.807) is 19.3 Å². The van der Waals surface area contributed by atoms with Crippen LogP contribution in [0, 0.1) is 6.92 Å². The Balaban J connectivity index is 2.34. The standard InChI is InChI=1S/C10H8BrN3OS/c1-6-4-9(15)14-10(13-6)16-8-2-3-12-5-7(8)11/h2-5H,1H3,(H,13,14,15). The van der Waals surface area contributed by atoms with Crippen LogP contribution < -0.4 is 5.56 Å². The number of aromatic amines is 1. The molecule has 2 aromatic rings. The summed E-state index contributed by atoms with van der Waals surface area (Å²) in [7, 11) is 0. The number of rotatable bonds is 2. The Kier molecular flexibility index (Phi) is 3.40. The van der Waals surface area contributed by atoms with Gasteiger partial charge in [0, 0.05) is 33.5 Å². The quantitative estimate of drug-likeness (QED) is 0.865. The van der Waals surface area contributed by atoms with E-state index < -0.39 is 0 Å². The summed E-state index contributed by atoms with van der Waals surface area (Å²) in [6.45, 7) is 1.79. The Morgan fingerprint density at radius 1 is 1.50 bits per heavy atom. The zero-order chi connectivity index (χ0) is 11.5.